The standard InChI is InChI=1S/C11H18ClN3O/c1-14-10(12)7-13-11(14)8-15-5-3-9(16-2)4-6-15/h7,9H,3-6,8H2,1-2H3. The number of imidazole rings is 1. The number of likely N-dealkylation sites (tertiary alicyclic amines) is 1. The molecule has 1 aliphatic rings. The van der Waals surface area contributed by atoms with Crippen molar-refractivity contribution in [3.63, 3.8) is 0 Å². The lowest BCUT2D eigenvalue weighted by molar-refractivity contribution is 0.0379. The Morgan fingerprint density at radius 1 is 1.50 bits per heavy atom. The van der Waals surface area contributed by atoms with Crippen LogP contribution in [-0.4, -0.2) is 40.8 Å². The van der Waals surface area contributed by atoms with Crippen molar-refractivity contribution in [3.8, 4) is 0 Å². The molecule has 0 radical (unpaired) electrons. The summed E-state index contributed by atoms with van der Waals surface area (Å²) in [5.74, 6) is 1.03. The van der Waals surface area contributed by atoms with E-state index < -0.39 is 0 Å². The third kappa shape index (κ3) is 2.56. The Morgan fingerprint density at radius 3 is 2.69 bits per heavy atom. The summed E-state index contributed by atoms with van der Waals surface area (Å²) in [7, 11) is 3.74. The molecular formula is C11H18ClN3O. The van der Waals surface area contributed by atoms with Crippen LogP contribution in [0.3, 0.4) is 0 Å². The van der Waals surface area contributed by atoms with Gasteiger partial charge in [-0.1, -0.05) is 11.6 Å². The molecule has 2 heterocycles. The van der Waals surface area contributed by atoms with Crippen LogP contribution >= 0.6 is 11.6 Å². The second-order valence-electron chi connectivity index (χ2n) is 4.27. The van der Waals surface area contributed by atoms with E-state index in [-0.39, 0.29) is 0 Å². The van der Waals surface area contributed by atoms with Gasteiger partial charge in [-0.05, 0) is 12.8 Å². The number of methoxy groups -OCH3 is 1. The first kappa shape index (κ1) is 11.9. The van der Waals surface area contributed by atoms with Crippen molar-refractivity contribution in [3.05, 3.63) is 17.2 Å². The van der Waals surface area contributed by atoms with Gasteiger partial charge in [0.25, 0.3) is 0 Å². The highest BCUT2D eigenvalue weighted by molar-refractivity contribution is 6.29. The maximum absolute atomic E-state index is 5.95. The van der Waals surface area contributed by atoms with Gasteiger partial charge < -0.3 is 9.30 Å². The third-order valence-corrected chi connectivity index (χ3v) is 3.61. The number of nitrogens with zero attached hydrogens (tertiary/aromatic N) is 3. The Morgan fingerprint density at radius 2 is 2.19 bits per heavy atom. The van der Waals surface area contributed by atoms with Crippen molar-refractivity contribution >= 4 is 11.6 Å². The van der Waals surface area contributed by atoms with E-state index in [4.69, 9.17) is 16.3 Å². The molecule has 0 saturated carbocycles. The van der Waals surface area contributed by atoms with Crippen molar-refractivity contribution < 1.29 is 4.74 Å². The van der Waals surface area contributed by atoms with Crippen LogP contribution < -0.4 is 0 Å². The third-order valence-electron chi connectivity index (χ3n) is 3.26. The summed E-state index contributed by atoms with van der Waals surface area (Å²) >= 11 is 5.95. The van der Waals surface area contributed by atoms with Crippen molar-refractivity contribution in [2.45, 2.75) is 25.5 Å². The summed E-state index contributed by atoms with van der Waals surface area (Å²) in [6.45, 7) is 3.02. The number of rotatable bonds is 3. The molecule has 0 amide bonds. The van der Waals surface area contributed by atoms with Crippen LogP contribution in [0.15, 0.2) is 6.20 Å². The van der Waals surface area contributed by atoms with Gasteiger partial charge in [0, 0.05) is 27.2 Å². The number of ether oxygens (including phenoxy) is 1. The summed E-state index contributed by atoms with van der Waals surface area (Å²) in [4.78, 5) is 6.70. The number of hydrogen-bond acceptors (Lipinski definition) is 3. The molecule has 4 nitrogen and oxygen atoms in total. The number of aromatic nitrogens is 2. The van der Waals surface area contributed by atoms with Crippen LogP contribution in [-0.2, 0) is 18.3 Å². The van der Waals surface area contributed by atoms with Crippen molar-refractivity contribution in [1.29, 1.82) is 0 Å². The van der Waals surface area contributed by atoms with Gasteiger partial charge in [-0.25, -0.2) is 4.98 Å². The lowest BCUT2D eigenvalue weighted by Crippen LogP contribution is -2.36. The van der Waals surface area contributed by atoms with Crippen molar-refractivity contribution in [2.24, 2.45) is 7.05 Å². The van der Waals surface area contributed by atoms with Crippen molar-refractivity contribution in [2.75, 3.05) is 20.2 Å². The summed E-state index contributed by atoms with van der Waals surface area (Å²) in [6, 6.07) is 0. The predicted octanol–water partition coefficient (Wildman–Crippen LogP) is 1.68. The van der Waals surface area contributed by atoms with Crippen LogP contribution in [0.5, 0.6) is 0 Å². The van der Waals surface area contributed by atoms with E-state index in [1.165, 1.54) is 0 Å². The van der Waals surface area contributed by atoms with Gasteiger partial charge in [0.05, 0.1) is 18.8 Å². The minimum Gasteiger partial charge on any atom is -0.381 e. The first-order valence-electron chi connectivity index (χ1n) is 5.62. The van der Waals surface area contributed by atoms with Crippen LogP contribution in [0.2, 0.25) is 5.15 Å². The molecule has 0 aromatic carbocycles. The van der Waals surface area contributed by atoms with Crippen LogP contribution in [0, 0.1) is 0 Å². The molecule has 0 aliphatic carbocycles. The lowest BCUT2D eigenvalue weighted by atomic mass is 10.1. The van der Waals surface area contributed by atoms with Crippen LogP contribution in [0.4, 0.5) is 0 Å². The highest BCUT2D eigenvalue weighted by atomic mass is 35.5. The fourth-order valence-electron chi connectivity index (χ4n) is 2.07. The minimum atomic E-state index is 0.432. The minimum absolute atomic E-state index is 0.432. The summed E-state index contributed by atoms with van der Waals surface area (Å²) in [5, 5.41) is 0.696. The second kappa shape index (κ2) is 5.17. The van der Waals surface area contributed by atoms with Crippen LogP contribution in [0.1, 0.15) is 18.7 Å². The molecular weight excluding hydrogens is 226 g/mol. The molecule has 1 aromatic rings. The summed E-state index contributed by atoms with van der Waals surface area (Å²) in [6.07, 6.45) is 4.35. The highest BCUT2D eigenvalue weighted by Crippen LogP contribution is 2.16. The molecule has 1 fully saturated rings. The zero-order valence-corrected chi connectivity index (χ0v) is 10.6. The Kier molecular flexibility index (Phi) is 3.84. The van der Waals surface area contributed by atoms with Crippen LogP contribution in [0.25, 0.3) is 0 Å². The molecule has 0 N–H and O–H groups in total. The Hall–Kier alpha value is -0.580. The van der Waals surface area contributed by atoms with E-state index >= 15 is 0 Å². The van der Waals surface area contributed by atoms with E-state index in [0.29, 0.717) is 11.3 Å². The monoisotopic (exact) mass is 243 g/mol. The molecule has 1 aromatic heterocycles. The highest BCUT2D eigenvalue weighted by Gasteiger charge is 2.19. The maximum Gasteiger partial charge on any atom is 0.128 e. The van der Waals surface area contributed by atoms with Gasteiger partial charge >= 0.3 is 0 Å². The summed E-state index contributed by atoms with van der Waals surface area (Å²) < 4.78 is 7.28. The van der Waals surface area contributed by atoms with E-state index in [2.05, 4.69) is 9.88 Å². The molecule has 1 aliphatic heterocycles. The van der Waals surface area contributed by atoms with Gasteiger partial charge in [-0.2, -0.15) is 0 Å². The van der Waals surface area contributed by atoms with Gasteiger partial charge in [-0.15, -0.1) is 0 Å². The quantitative estimate of drug-likeness (QED) is 0.809. The van der Waals surface area contributed by atoms with E-state index in [0.717, 1.165) is 38.3 Å². The molecule has 90 valence electrons. The summed E-state index contributed by atoms with van der Waals surface area (Å²) in [5.41, 5.74) is 0. The lowest BCUT2D eigenvalue weighted by Gasteiger charge is -2.30. The molecule has 1 saturated heterocycles. The average molecular weight is 244 g/mol. The first-order valence-corrected chi connectivity index (χ1v) is 5.99. The maximum atomic E-state index is 5.95. The number of halogens is 1. The zero-order valence-electron chi connectivity index (χ0n) is 9.82. The largest absolute Gasteiger partial charge is 0.381 e. The Bertz CT molecular complexity index is 345. The molecule has 2 rings (SSSR count). The molecule has 0 bridgehead atoms. The van der Waals surface area contributed by atoms with Gasteiger partial charge in [0.2, 0.25) is 0 Å². The molecule has 5 heteroatoms. The second-order valence-corrected chi connectivity index (χ2v) is 4.65. The van der Waals surface area contributed by atoms with E-state index in [9.17, 15) is 0 Å². The first-order chi connectivity index (χ1) is 7.70. The van der Waals surface area contributed by atoms with E-state index in [1.807, 2.05) is 11.6 Å². The zero-order chi connectivity index (χ0) is 11.5. The topological polar surface area (TPSA) is 30.3 Å². The molecule has 0 atom stereocenters. The number of hydrogen-bond donors (Lipinski definition) is 0. The smallest absolute Gasteiger partial charge is 0.128 e. The average Bonchev–Trinajstić information content (AvgIpc) is 2.62. The Labute approximate surface area is 101 Å². The van der Waals surface area contributed by atoms with E-state index in [1.54, 1.807) is 13.3 Å². The van der Waals surface area contributed by atoms with Gasteiger partial charge in [0.1, 0.15) is 11.0 Å². The molecule has 16 heavy (non-hydrogen) atoms. The van der Waals surface area contributed by atoms with Gasteiger partial charge in [-0.3, -0.25) is 4.90 Å². The molecule has 0 spiro atoms. The fraction of sp³-hybridized carbons (Fsp3) is 0.727. The Balaban J connectivity index is 1.89. The molecule has 0 unspecified atom stereocenters. The van der Waals surface area contributed by atoms with Crippen molar-refractivity contribution in [1.82, 2.24) is 14.5 Å². The predicted molar refractivity (Wildman–Crippen MR) is 63.5 cm³/mol. The SMILES string of the molecule is COC1CCN(Cc2ncc(Cl)n2C)CC1. The fourth-order valence-corrected chi connectivity index (χ4v) is 2.22. The van der Waals surface area contributed by atoms with Gasteiger partial charge in [0.15, 0.2) is 0 Å². The number of piperidine rings is 1. The normalized spacial score (nSPS) is 19.2.